The molecule has 1 saturated carbocycles. The molecule has 0 bridgehead atoms. The Balaban J connectivity index is 1.60. The van der Waals surface area contributed by atoms with Crippen LogP contribution in [0.4, 0.5) is 28.9 Å². The molecule has 1 atom stereocenters. The van der Waals surface area contributed by atoms with Crippen LogP contribution in [-0.2, 0) is 0 Å². The SMILES string of the molecule is Cc1nc(F)ccc1[C@H](Nc1cc(C#N)c2ncc(C#N)c(NCC(C)(C)C(F)(F)F)c2c1)C1=CN(C2(C)CC2)NN1. The van der Waals surface area contributed by atoms with Crippen LogP contribution >= 0.6 is 0 Å². The number of alkyl halides is 3. The van der Waals surface area contributed by atoms with Gasteiger partial charge in [-0.05, 0) is 58.7 Å². The first-order valence-electron chi connectivity index (χ1n) is 13.3. The van der Waals surface area contributed by atoms with Gasteiger partial charge in [0.25, 0.3) is 0 Å². The van der Waals surface area contributed by atoms with Gasteiger partial charge in [0.15, 0.2) is 0 Å². The van der Waals surface area contributed by atoms with Crippen molar-refractivity contribution < 1.29 is 17.6 Å². The average Bonchev–Trinajstić information content (AvgIpc) is 3.48. The van der Waals surface area contributed by atoms with Gasteiger partial charge in [-0.25, -0.2) is 4.98 Å². The van der Waals surface area contributed by atoms with Crippen LogP contribution in [0.2, 0.25) is 0 Å². The first kappa shape index (κ1) is 28.9. The van der Waals surface area contributed by atoms with Crippen LogP contribution in [0, 0.1) is 40.9 Å². The molecule has 3 aromatic rings. The number of nitrogens with zero attached hydrogens (tertiary/aromatic N) is 5. The maximum atomic E-state index is 13.9. The maximum absolute atomic E-state index is 13.9. The number of halogens is 4. The summed E-state index contributed by atoms with van der Waals surface area (Å²) < 4.78 is 54.8. The number of anilines is 2. The molecule has 0 amide bonds. The van der Waals surface area contributed by atoms with Crippen molar-refractivity contribution >= 4 is 22.3 Å². The van der Waals surface area contributed by atoms with E-state index in [2.05, 4.69) is 44.6 Å². The van der Waals surface area contributed by atoms with Crippen molar-refractivity contribution in [2.75, 3.05) is 17.2 Å². The molecule has 218 valence electrons. The number of hydrogen-bond acceptors (Lipinski definition) is 9. The van der Waals surface area contributed by atoms with Crippen molar-refractivity contribution in [1.29, 1.82) is 10.5 Å². The fraction of sp³-hybridized carbons (Fsp3) is 0.379. The Hall–Kier alpha value is -4.62. The molecule has 1 aliphatic heterocycles. The Morgan fingerprint density at radius 3 is 2.48 bits per heavy atom. The van der Waals surface area contributed by atoms with Crippen LogP contribution in [0.3, 0.4) is 0 Å². The first-order chi connectivity index (χ1) is 19.8. The number of nitriles is 2. The number of nitrogens with one attached hydrogen (secondary N) is 4. The molecule has 42 heavy (non-hydrogen) atoms. The summed E-state index contributed by atoms with van der Waals surface area (Å²) in [6.45, 7) is 5.42. The van der Waals surface area contributed by atoms with E-state index in [1.807, 2.05) is 17.3 Å². The first-order valence-corrected chi connectivity index (χ1v) is 13.3. The molecule has 0 spiro atoms. The molecule has 0 unspecified atom stereocenters. The summed E-state index contributed by atoms with van der Waals surface area (Å²) in [6, 6.07) is 9.58. The van der Waals surface area contributed by atoms with E-state index < -0.39 is 30.1 Å². The van der Waals surface area contributed by atoms with Crippen LogP contribution in [-0.4, -0.2) is 33.2 Å². The van der Waals surface area contributed by atoms with Gasteiger partial charge in [0, 0.05) is 41.3 Å². The largest absolute Gasteiger partial charge is 0.395 e. The molecule has 0 saturated heterocycles. The van der Waals surface area contributed by atoms with E-state index in [1.165, 1.54) is 12.3 Å². The highest BCUT2D eigenvalue weighted by molar-refractivity contribution is 5.99. The summed E-state index contributed by atoms with van der Waals surface area (Å²) in [7, 11) is 0. The van der Waals surface area contributed by atoms with Crippen LogP contribution in [0.15, 0.2) is 42.4 Å². The third kappa shape index (κ3) is 5.35. The third-order valence-corrected chi connectivity index (χ3v) is 7.86. The fourth-order valence-corrected chi connectivity index (χ4v) is 4.68. The van der Waals surface area contributed by atoms with Crippen molar-refractivity contribution in [3.05, 3.63) is 70.7 Å². The minimum atomic E-state index is -4.49. The van der Waals surface area contributed by atoms with Crippen LogP contribution in [0.25, 0.3) is 10.9 Å². The highest BCUT2D eigenvalue weighted by Gasteiger charge is 2.47. The zero-order chi connectivity index (χ0) is 30.4. The zero-order valence-corrected chi connectivity index (χ0v) is 23.4. The summed E-state index contributed by atoms with van der Waals surface area (Å²) in [5, 5.41) is 28.2. The number of benzene rings is 1. The van der Waals surface area contributed by atoms with Crippen molar-refractivity contribution in [1.82, 2.24) is 25.9 Å². The zero-order valence-electron chi connectivity index (χ0n) is 23.4. The third-order valence-electron chi connectivity index (χ3n) is 7.86. The predicted molar refractivity (Wildman–Crippen MR) is 149 cm³/mol. The number of hydrogen-bond donors (Lipinski definition) is 4. The predicted octanol–water partition coefficient (Wildman–Crippen LogP) is 5.69. The van der Waals surface area contributed by atoms with Gasteiger partial charge in [-0.3, -0.25) is 9.99 Å². The minimum Gasteiger partial charge on any atom is -0.382 e. The highest BCUT2D eigenvalue weighted by atomic mass is 19.4. The van der Waals surface area contributed by atoms with Crippen LogP contribution in [0.1, 0.15) is 62.0 Å². The lowest BCUT2D eigenvalue weighted by Gasteiger charge is -2.29. The second-order valence-corrected chi connectivity index (χ2v) is 11.5. The number of rotatable bonds is 8. The van der Waals surface area contributed by atoms with E-state index in [0.29, 0.717) is 28.0 Å². The Morgan fingerprint density at radius 1 is 1.14 bits per heavy atom. The summed E-state index contributed by atoms with van der Waals surface area (Å²) in [4.78, 5) is 8.25. The normalized spacial score (nSPS) is 16.7. The molecule has 9 nitrogen and oxygen atoms in total. The number of aryl methyl sites for hydroxylation is 1. The van der Waals surface area contributed by atoms with Crippen LogP contribution in [0.5, 0.6) is 0 Å². The highest BCUT2D eigenvalue weighted by Crippen LogP contribution is 2.43. The summed E-state index contributed by atoms with van der Waals surface area (Å²) in [5.74, 6) is -0.626. The summed E-state index contributed by atoms with van der Waals surface area (Å²) in [5.41, 5.74) is 6.99. The molecule has 5 rings (SSSR count). The Morgan fingerprint density at radius 2 is 1.86 bits per heavy atom. The van der Waals surface area contributed by atoms with Gasteiger partial charge in [-0.2, -0.15) is 28.1 Å². The van der Waals surface area contributed by atoms with Crippen molar-refractivity contribution in [3.63, 3.8) is 0 Å². The van der Waals surface area contributed by atoms with Gasteiger partial charge in [0.1, 0.15) is 12.1 Å². The lowest BCUT2D eigenvalue weighted by molar-refractivity contribution is -0.206. The quantitative estimate of drug-likeness (QED) is 0.197. The topological polar surface area (TPSA) is 125 Å². The van der Waals surface area contributed by atoms with Gasteiger partial charge in [0.05, 0.1) is 45.0 Å². The number of fused-ring (bicyclic) bond motifs is 1. The second kappa shape index (κ2) is 10.3. The Labute approximate surface area is 240 Å². The molecule has 13 heteroatoms. The van der Waals surface area contributed by atoms with Crippen molar-refractivity contribution in [2.24, 2.45) is 5.41 Å². The van der Waals surface area contributed by atoms with Gasteiger partial charge in [0.2, 0.25) is 5.95 Å². The number of aromatic nitrogens is 2. The Kier molecular flexibility index (Phi) is 7.11. The molecular formula is C29H29F4N9. The van der Waals surface area contributed by atoms with E-state index in [-0.39, 0.29) is 27.9 Å². The molecule has 4 N–H and O–H groups in total. The monoisotopic (exact) mass is 579 g/mol. The van der Waals surface area contributed by atoms with Gasteiger partial charge < -0.3 is 16.1 Å². The van der Waals surface area contributed by atoms with E-state index in [0.717, 1.165) is 26.7 Å². The molecule has 1 aromatic carbocycles. The average molecular weight is 580 g/mol. The molecule has 0 radical (unpaired) electrons. The molecular weight excluding hydrogens is 550 g/mol. The molecule has 3 heterocycles. The summed E-state index contributed by atoms with van der Waals surface area (Å²) >= 11 is 0. The lowest BCUT2D eigenvalue weighted by Crippen LogP contribution is -2.43. The van der Waals surface area contributed by atoms with Crippen molar-refractivity contribution in [2.45, 2.75) is 58.3 Å². The standard InChI is InChI=1S/C29H29F4N9/c1-16-20(5-6-23(30)38-16)26(22-14-42(41-40-22)28(4)7-8-28)39-19-9-17(11-34)24-21(10-19)25(18(12-35)13-36-24)37-15-27(2,3)29(31,32)33/h5-6,9-10,13-14,26,39-41H,7-8,15H2,1-4H3,(H,36,37)/t26-/m0/s1. The van der Waals surface area contributed by atoms with Crippen LogP contribution < -0.4 is 21.6 Å². The second-order valence-electron chi connectivity index (χ2n) is 11.5. The maximum Gasteiger partial charge on any atom is 0.395 e. The molecule has 1 fully saturated rings. The minimum absolute atomic E-state index is 0.0364. The number of hydrazine groups is 2. The lowest BCUT2D eigenvalue weighted by atomic mass is 9.92. The fourth-order valence-electron chi connectivity index (χ4n) is 4.68. The number of pyridine rings is 2. The molecule has 1 aliphatic carbocycles. The Bertz CT molecular complexity index is 1660. The van der Waals surface area contributed by atoms with Crippen molar-refractivity contribution in [3.8, 4) is 12.1 Å². The van der Waals surface area contributed by atoms with E-state index >= 15 is 0 Å². The van der Waals surface area contributed by atoms with Gasteiger partial charge >= 0.3 is 6.18 Å². The van der Waals surface area contributed by atoms with Gasteiger partial charge in [-0.1, -0.05) is 6.07 Å². The molecule has 2 aromatic heterocycles. The smallest absolute Gasteiger partial charge is 0.382 e. The van der Waals surface area contributed by atoms with E-state index in [1.54, 1.807) is 25.1 Å². The van der Waals surface area contributed by atoms with E-state index in [4.69, 9.17) is 0 Å². The molecule has 2 aliphatic rings. The van der Waals surface area contributed by atoms with E-state index in [9.17, 15) is 28.1 Å². The summed E-state index contributed by atoms with van der Waals surface area (Å²) in [6.07, 6.45) is 0.677. The van der Waals surface area contributed by atoms with Gasteiger partial charge in [-0.15, -0.1) is 5.53 Å².